The van der Waals surface area contributed by atoms with E-state index < -0.39 is 38.3 Å². The summed E-state index contributed by atoms with van der Waals surface area (Å²) in [5.41, 5.74) is 0.714. The van der Waals surface area contributed by atoms with Gasteiger partial charge in [-0.25, -0.2) is 21.2 Å². The number of hydrogen-bond acceptors (Lipinski definition) is 6. The predicted octanol–water partition coefficient (Wildman–Crippen LogP) is 2.92. The van der Waals surface area contributed by atoms with Crippen molar-refractivity contribution in [2.24, 2.45) is 0 Å². The Hall–Kier alpha value is -2.80. The smallest absolute Gasteiger partial charge is 0.274 e. The van der Waals surface area contributed by atoms with E-state index in [1.165, 1.54) is 33.5 Å². The van der Waals surface area contributed by atoms with Crippen molar-refractivity contribution in [2.75, 3.05) is 37.0 Å². The molecule has 4 rings (SSSR count). The Morgan fingerprint density at radius 1 is 0.943 bits per heavy atom. The van der Waals surface area contributed by atoms with Crippen LogP contribution in [0.2, 0.25) is 0 Å². The first-order chi connectivity index (χ1) is 16.6. The summed E-state index contributed by atoms with van der Waals surface area (Å²) < 4.78 is 69.0. The minimum absolute atomic E-state index is 0.0115. The summed E-state index contributed by atoms with van der Waals surface area (Å²) in [4.78, 5) is 14.7. The SMILES string of the molecule is Cc1ccc(S(=O)(=O)N2CCN(C(=O)CN(c3ccccc3F)S(=O)(=O)c3cccs3)CC2)cc1. The average Bonchev–Trinajstić information content (AvgIpc) is 3.39. The number of anilines is 1. The quantitative estimate of drug-likeness (QED) is 0.462. The minimum atomic E-state index is -4.18. The molecule has 1 amide bonds. The zero-order valence-corrected chi connectivity index (χ0v) is 21.3. The molecule has 3 aromatic rings. The molecular weight excluding hydrogens is 513 g/mol. The molecule has 186 valence electrons. The lowest BCUT2D eigenvalue weighted by atomic mass is 10.2. The molecule has 35 heavy (non-hydrogen) atoms. The van der Waals surface area contributed by atoms with E-state index in [1.54, 1.807) is 35.7 Å². The van der Waals surface area contributed by atoms with Crippen molar-refractivity contribution in [3.63, 3.8) is 0 Å². The molecular formula is C23H24FN3O5S3. The number of piperazine rings is 1. The van der Waals surface area contributed by atoms with E-state index in [9.17, 15) is 26.0 Å². The molecule has 1 aliphatic rings. The first kappa shape index (κ1) is 25.3. The molecule has 0 unspecified atom stereocenters. The highest BCUT2D eigenvalue weighted by atomic mass is 32.2. The molecule has 2 heterocycles. The van der Waals surface area contributed by atoms with E-state index in [2.05, 4.69) is 0 Å². The third-order valence-corrected chi connectivity index (χ3v) is 10.7. The summed E-state index contributed by atoms with van der Waals surface area (Å²) >= 11 is 0.973. The summed E-state index contributed by atoms with van der Waals surface area (Å²) in [7, 11) is -7.89. The standard InChI is InChI=1S/C23H24FN3O5S3/c1-18-8-10-19(11-9-18)34(29,30)26-14-12-25(13-15-26)22(28)17-27(21-6-3-2-5-20(21)24)35(31,32)23-7-4-16-33-23/h2-11,16H,12-15,17H2,1H3. The third kappa shape index (κ3) is 5.25. The maximum Gasteiger partial charge on any atom is 0.274 e. The number of nitrogens with zero attached hydrogens (tertiary/aromatic N) is 3. The van der Waals surface area contributed by atoms with Crippen LogP contribution >= 0.6 is 11.3 Å². The highest BCUT2D eigenvalue weighted by molar-refractivity contribution is 7.94. The molecule has 0 aliphatic carbocycles. The highest BCUT2D eigenvalue weighted by Gasteiger charge is 2.34. The van der Waals surface area contributed by atoms with Crippen LogP contribution < -0.4 is 4.31 Å². The molecule has 8 nitrogen and oxygen atoms in total. The fraction of sp³-hybridized carbons (Fsp3) is 0.261. The number of sulfonamides is 2. The van der Waals surface area contributed by atoms with Crippen LogP contribution in [0.4, 0.5) is 10.1 Å². The third-order valence-electron chi connectivity index (χ3n) is 5.69. The van der Waals surface area contributed by atoms with Crippen LogP contribution in [0.1, 0.15) is 5.56 Å². The van der Waals surface area contributed by atoms with Crippen molar-refractivity contribution in [1.29, 1.82) is 0 Å². The van der Waals surface area contributed by atoms with Crippen LogP contribution in [0.15, 0.2) is 75.1 Å². The van der Waals surface area contributed by atoms with Gasteiger partial charge in [0.1, 0.15) is 16.6 Å². The van der Waals surface area contributed by atoms with E-state index in [1.807, 2.05) is 6.92 Å². The molecule has 1 aliphatic heterocycles. The molecule has 2 aromatic carbocycles. The number of halogens is 1. The van der Waals surface area contributed by atoms with Gasteiger partial charge in [0.15, 0.2) is 0 Å². The van der Waals surface area contributed by atoms with Gasteiger partial charge in [-0.1, -0.05) is 35.9 Å². The van der Waals surface area contributed by atoms with Crippen LogP contribution in [-0.2, 0) is 24.8 Å². The lowest BCUT2D eigenvalue weighted by Gasteiger charge is -2.35. The molecule has 0 atom stereocenters. The van der Waals surface area contributed by atoms with Crippen LogP contribution in [0.5, 0.6) is 0 Å². The van der Waals surface area contributed by atoms with Crippen molar-refractivity contribution in [1.82, 2.24) is 9.21 Å². The summed E-state index contributed by atoms with van der Waals surface area (Å²) in [6, 6.07) is 14.9. The number of hydrogen-bond donors (Lipinski definition) is 0. The predicted molar refractivity (Wildman–Crippen MR) is 132 cm³/mol. The van der Waals surface area contributed by atoms with Gasteiger partial charge in [0.25, 0.3) is 10.0 Å². The van der Waals surface area contributed by atoms with E-state index in [0.717, 1.165) is 27.3 Å². The van der Waals surface area contributed by atoms with E-state index in [0.29, 0.717) is 0 Å². The van der Waals surface area contributed by atoms with Crippen molar-refractivity contribution in [2.45, 2.75) is 16.0 Å². The molecule has 0 saturated carbocycles. The van der Waals surface area contributed by atoms with Gasteiger partial charge in [-0.15, -0.1) is 11.3 Å². The van der Waals surface area contributed by atoms with Crippen LogP contribution in [-0.4, -0.2) is 64.7 Å². The molecule has 0 N–H and O–H groups in total. The molecule has 0 radical (unpaired) electrons. The Morgan fingerprint density at radius 3 is 2.20 bits per heavy atom. The Balaban J connectivity index is 1.51. The summed E-state index contributed by atoms with van der Waals surface area (Å²) in [6.45, 7) is 1.58. The van der Waals surface area contributed by atoms with E-state index in [4.69, 9.17) is 0 Å². The van der Waals surface area contributed by atoms with Crippen molar-refractivity contribution >= 4 is 43.0 Å². The number of rotatable bonds is 7. The van der Waals surface area contributed by atoms with Gasteiger partial charge in [0.05, 0.1) is 10.6 Å². The minimum Gasteiger partial charge on any atom is -0.338 e. The van der Waals surface area contributed by atoms with Gasteiger partial charge in [-0.3, -0.25) is 9.10 Å². The Bertz CT molecular complexity index is 1400. The number of para-hydroxylation sites is 1. The van der Waals surface area contributed by atoms with Crippen molar-refractivity contribution < 1.29 is 26.0 Å². The monoisotopic (exact) mass is 537 g/mol. The number of aryl methyl sites for hydroxylation is 1. The molecule has 1 fully saturated rings. The summed E-state index contributed by atoms with van der Waals surface area (Å²) in [6.07, 6.45) is 0. The second-order valence-electron chi connectivity index (χ2n) is 7.99. The van der Waals surface area contributed by atoms with Gasteiger partial charge in [0, 0.05) is 26.2 Å². The first-order valence-corrected chi connectivity index (χ1v) is 14.5. The van der Waals surface area contributed by atoms with Gasteiger partial charge >= 0.3 is 0 Å². The van der Waals surface area contributed by atoms with Crippen LogP contribution in [0.25, 0.3) is 0 Å². The topological polar surface area (TPSA) is 95.1 Å². The zero-order chi connectivity index (χ0) is 25.2. The number of carbonyl (C=O) groups excluding carboxylic acids is 1. The number of benzene rings is 2. The maximum atomic E-state index is 14.6. The second-order valence-corrected chi connectivity index (χ2v) is 13.0. The fourth-order valence-electron chi connectivity index (χ4n) is 3.73. The van der Waals surface area contributed by atoms with E-state index >= 15 is 0 Å². The number of carbonyl (C=O) groups is 1. The zero-order valence-electron chi connectivity index (χ0n) is 18.9. The highest BCUT2D eigenvalue weighted by Crippen LogP contribution is 2.29. The second kappa shape index (κ2) is 10.1. The molecule has 1 saturated heterocycles. The molecule has 1 aromatic heterocycles. The molecule has 0 spiro atoms. The first-order valence-electron chi connectivity index (χ1n) is 10.8. The normalized spacial score (nSPS) is 15.2. The van der Waals surface area contributed by atoms with Gasteiger partial charge < -0.3 is 4.90 Å². The average molecular weight is 538 g/mol. The molecule has 0 bridgehead atoms. The molecule has 12 heteroatoms. The largest absolute Gasteiger partial charge is 0.338 e. The number of thiophene rings is 1. The van der Waals surface area contributed by atoms with Gasteiger partial charge in [-0.2, -0.15) is 4.31 Å². The van der Waals surface area contributed by atoms with Gasteiger partial charge in [-0.05, 0) is 42.6 Å². The Morgan fingerprint density at radius 2 is 1.60 bits per heavy atom. The van der Waals surface area contributed by atoms with Gasteiger partial charge in [0.2, 0.25) is 15.9 Å². The van der Waals surface area contributed by atoms with Crippen LogP contribution in [0, 0.1) is 12.7 Å². The Labute approximate surface area is 208 Å². The summed E-state index contributed by atoms with van der Waals surface area (Å²) in [5, 5.41) is 1.59. The van der Waals surface area contributed by atoms with E-state index in [-0.39, 0.29) is 41.0 Å². The number of amides is 1. The summed E-state index contributed by atoms with van der Waals surface area (Å²) in [5.74, 6) is -1.31. The Kier molecular flexibility index (Phi) is 7.27. The van der Waals surface area contributed by atoms with Crippen LogP contribution in [0.3, 0.4) is 0 Å². The van der Waals surface area contributed by atoms with Crippen molar-refractivity contribution in [3.05, 3.63) is 77.4 Å². The fourth-order valence-corrected chi connectivity index (χ4v) is 7.68. The lowest BCUT2D eigenvalue weighted by Crippen LogP contribution is -2.53. The maximum absolute atomic E-state index is 14.6. The van der Waals surface area contributed by atoms with Crippen molar-refractivity contribution in [3.8, 4) is 0 Å². The lowest BCUT2D eigenvalue weighted by molar-refractivity contribution is -0.130.